The van der Waals surface area contributed by atoms with Crippen LogP contribution in [0.1, 0.15) is 38.0 Å². The van der Waals surface area contributed by atoms with Crippen LogP contribution in [0.5, 0.6) is 0 Å². The number of benzene rings is 2. The fraction of sp³-hybridized carbons (Fsp3) is 0.263. The van der Waals surface area contributed by atoms with E-state index in [2.05, 4.69) is 12.1 Å². The lowest BCUT2D eigenvalue weighted by molar-refractivity contribution is -0.367. The molecule has 0 saturated carbocycles. The van der Waals surface area contributed by atoms with Crippen LogP contribution >= 0.6 is 0 Å². The van der Waals surface area contributed by atoms with E-state index in [1.54, 1.807) is 0 Å². The van der Waals surface area contributed by atoms with Crippen LogP contribution in [-0.2, 0) is 9.78 Å². The predicted molar refractivity (Wildman–Crippen MR) is 86.6 cm³/mol. The molecule has 0 heterocycles. The summed E-state index contributed by atoms with van der Waals surface area (Å²) in [5, 5.41) is 0. The topological polar surface area (TPSA) is 18.5 Å². The van der Waals surface area contributed by atoms with E-state index in [4.69, 9.17) is 9.78 Å². The van der Waals surface area contributed by atoms with E-state index in [0.717, 1.165) is 11.1 Å². The Labute approximate surface area is 127 Å². The van der Waals surface area contributed by atoms with Crippen molar-refractivity contribution >= 4 is 6.08 Å². The van der Waals surface area contributed by atoms with Gasteiger partial charge in [-0.05, 0) is 38.0 Å². The molecule has 2 aromatic carbocycles. The van der Waals surface area contributed by atoms with Gasteiger partial charge < -0.3 is 0 Å². The van der Waals surface area contributed by atoms with Gasteiger partial charge in [-0.25, -0.2) is 9.78 Å². The third-order valence-corrected chi connectivity index (χ3v) is 2.79. The zero-order valence-corrected chi connectivity index (χ0v) is 12.8. The van der Waals surface area contributed by atoms with Gasteiger partial charge in [0, 0.05) is 0 Å². The second kappa shape index (κ2) is 7.21. The Morgan fingerprint density at radius 1 is 0.857 bits per heavy atom. The first kappa shape index (κ1) is 15.5. The summed E-state index contributed by atoms with van der Waals surface area (Å²) in [5.41, 5.74) is 1.86. The van der Waals surface area contributed by atoms with Gasteiger partial charge in [0.25, 0.3) is 0 Å². The molecule has 0 aliphatic carbocycles. The molecular weight excluding hydrogens is 260 g/mol. The molecule has 0 bridgehead atoms. The van der Waals surface area contributed by atoms with E-state index in [-0.39, 0.29) is 11.7 Å². The molecule has 2 aromatic rings. The monoisotopic (exact) mass is 282 g/mol. The molecule has 0 fully saturated rings. The standard InChI is InChI=1S/C19H22O2/c1-19(2,3)21-20-18(17-12-8-5-9-13-17)15-14-16-10-6-4-7-11-16/h4-15,18H,1-3H3/b15-14+. The first-order valence-electron chi connectivity index (χ1n) is 7.17. The van der Waals surface area contributed by atoms with Crippen LogP contribution in [0.2, 0.25) is 0 Å². The summed E-state index contributed by atoms with van der Waals surface area (Å²) in [7, 11) is 0. The predicted octanol–water partition coefficient (Wildman–Crippen LogP) is 5.19. The van der Waals surface area contributed by atoms with Crippen LogP contribution < -0.4 is 0 Å². The zero-order chi connectivity index (χ0) is 15.1. The molecular formula is C19H22O2. The normalized spacial score (nSPS) is 13.5. The van der Waals surface area contributed by atoms with Crippen LogP contribution in [0.15, 0.2) is 66.7 Å². The van der Waals surface area contributed by atoms with Crippen molar-refractivity contribution in [2.75, 3.05) is 0 Å². The second-order valence-corrected chi connectivity index (χ2v) is 5.89. The van der Waals surface area contributed by atoms with Gasteiger partial charge in [0.1, 0.15) is 6.10 Å². The fourth-order valence-electron chi connectivity index (χ4n) is 1.80. The van der Waals surface area contributed by atoms with Crippen LogP contribution in [-0.4, -0.2) is 5.60 Å². The van der Waals surface area contributed by atoms with Gasteiger partial charge >= 0.3 is 0 Å². The lowest BCUT2D eigenvalue weighted by atomic mass is 10.1. The number of hydrogen-bond acceptors (Lipinski definition) is 2. The molecule has 110 valence electrons. The summed E-state index contributed by atoms with van der Waals surface area (Å²) in [6, 6.07) is 20.2. The Kier molecular flexibility index (Phi) is 5.32. The first-order valence-corrected chi connectivity index (χ1v) is 7.17. The van der Waals surface area contributed by atoms with Gasteiger partial charge in [-0.2, -0.15) is 0 Å². The average Bonchev–Trinajstić information content (AvgIpc) is 2.48. The maximum atomic E-state index is 5.63. The third kappa shape index (κ3) is 5.54. The maximum Gasteiger partial charge on any atom is 0.136 e. The van der Waals surface area contributed by atoms with Crippen molar-refractivity contribution in [3.8, 4) is 0 Å². The highest BCUT2D eigenvalue weighted by Crippen LogP contribution is 2.23. The molecule has 0 spiro atoms. The molecule has 0 saturated heterocycles. The van der Waals surface area contributed by atoms with Gasteiger partial charge in [0.2, 0.25) is 0 Å². The molecule has 1 atom stereocenters. The molecule has 0 aliphatic heterocycles. The van der Waals surface area contributed by atoms with Gasteiger partial charge in [0.05, 0.1) is 5.60 Å². The minimum atomic E-state index is -0.340. The number of rotatable bonds is 5. The molecule has 0 aliphatic rings. The van der Waals surface area contributed by atoms with Gasteiger partial charge in [0.15, 0.2) is 0 Å². The molecule has 2 rings (SSSR count). The smallest absolute Gasteiger partial charge is 0.136 e. The third-order valence-electron chi connectivity index (χ3n) is 2.79. The molecule has 21 heavy (non-hydrogen) atoms. The van der Waals surface area contributed by atoms with Crippen molar-refractivity contribution in [3.05, 3.63) is 77.9 Å². The van der Waals surface area contributed by atoms with E-state index in [9.17, 15) is 0 Å². The van der Waals surface area contributed by atoms with Crippen molar-refractivity contribution in [1.29, 1.82) is 0 Å². The second-order valence-electron chi connectivity index (χ2n) is 5.89. The SMILES string of the molecule is CC(C)(C)OOC(/C=C/c1ccccc1)c1ccccc1. The minimum Gasteiger partial charge on any atom is -0.230 e. The highest BCUT2D eigenvalue weighted by atomic mass is 17.2. The highest BCUT2D eigenvalue weighted by Gasteiger charge is 2.16. The molecule has 0 amide bonds. The summed E-state index contributed by atoms with van der Waals surface area (Å²) in [5.74, 6) is 0. The van der Waals surface area contributed by atoms with Crippen molar-refractivity contribution in [1.82, 2.24) is 0 Å². The van der Waals surface area contributed by atoms with E-state index in [1.165, 1.54) is 0 Å². The van der Waals surface area contributed by atoms with Gasteiger partial charge in [-0.1, -0.05) is 66.7 Å². The average molecular weight is 282 g/mol. The molecule has 0 aromatic heterocycles. The van der Waals surface area contributed by atoms with Crippen molar-refractivity contribution in [3.63, 3.8) is 0 Å². The molecule has 1 unspecified atom stereocenters. The van der Waals surface area contributed by atoms with Crippen LogP contribution in [0.25, 0.3) is 6.08 Å². The van der Waals surface area contributed by atoms with Crippen LogP contribution in [0, 0.1) is 0 Å². The summed E-state index contributed by atoms with van der Waals surface area (Å²) < 4.78 is 0. The Balaban J connectivity index is 2.14. The first-order chi connectivity index (χ1) is 10.0. The van der Waals surface area contributed by atoms with Crippen molar-refractivity contribution < 1.29 is 9.78 Å². The fourth-order valence-corrected chi connectivity index (χ4v) is 1.80. The summed E-state index contributed by atoms with van der Waals surface area (Å²) >= 11 is 0. The molecule has 0 N–H and O–H groups in total. The van der Waals surface area contributed by atoms with E-state index >= 15 is 0 Å². The van der Waals surface area contributed by atoms with Gasteiger partial charge in [-0.15, -0.1) is 0 Å². The molecule has 2 nitrogen and oxygen atoms in total. The Hall–Kier alpha value is -1.90. The Morgan fingerprint density at radius 2 is 1.43 bits per heavy atom. The van der Waals surface area contributed by atoms with Crippen molar-refractivity contribution in [2.24, 2.45) is 0 Å². The maximum absolute atomic E-state index is 5.63. The summed E-state index contributed by atoms with van der Waals surface area (Å²) in [6.45, 7) is 5.90. The number of hydrogen-bond donors (Lipinski definition) is 0. The summed E-state index contributed by atoms with van der Waals surface area (Å²) in [6.07, 6.45) is 3.82. The molecule has 0 radical (unpaired) electrons. The van der Waals surface area contributed by atoms with E-state index in [1.807, 2.05) is 81.5 Å². The Bertz CT molecular complexity index is 553. The van der Waals surface area contributed by atoms with Crippen LogP contribution in [0.4, 0.5) is 0 Å². The quantitative estimate of drug-likeness (QED) is 0.555. The van der Waals surface area contributed by atoms with Gasteiger partial charge in [-0.3, -0.25) is 0 Å². The highest BCUT2D eigenvalue weighted by molar-refractivity contribution is 5.50. The van der Waals surface area contributed by atoms with Crippen LogP contribution in [0.3, 0.4) is 0 Å². The van der Waals surface area contributed by atoms with Crippen molar-refractivity contribution in [2.45, 2.75) is 32.5 Å². The van der Waals surface area contributed by atoms with E-state index in [0.29, 0.717) is 0 Å². The van der Waals surface area contributed by atoms with E-state index < -0.39 is 0 Å². The lowest BCUT2D eigenvalue weighted by Gasteiger charge is -2.21. The largest absolute Gasteiger partial charge is 0.230 e. The summed E-state index contributed by atoms with van der Waals surface area (Å²) in [4.78, 5) is 11.1. The Morgan fingerprint density at radius 3 is 2.00 bits per heavy atom. The zero-order valence-electron chi connectivity index (χ0n) is 12.8. The minimum absolute atomic E-state index is 0.231. The molecule has 2 heteroatoms. The lowest BCUT2D eigenvalue weighted by Crippen LogP contribution is -2.20.